The van der Waals surface area contributed by atoms with Crippen LogP contribution in [0.25, 0.3) is 10.8 Å². The lowest BCUT2D eigenvalue weighted by atomic mass is 10.1. The first-order valence-electron chi connectivity index (χ1n) is 8.87. The molecule has 0 fully saturated rings. The maximum atomic E-state index is 12.3. The second kappa shape index (κ2) is 7.63. The number of fused-ring (bicyclic) bond motifs is 2. The van der Waals surface area contributed by atoms with E-state index in [2.05, 4.69) is 15.5 Å². The van der Waals surface area contributed by atoms with Crippen LogP contribution in [0.1, 0.15) is 12.6 Å². The summed E-state index contributed by atoms with van der Waals surface area (Å²) in [5, 5.41) is 9.95. The third-order valence-corrected chi connectivity index (χ3v) is 4.40. The number of aromatic amines is 1. The van der Waals surface area contributed by atoms with Gasteiger partial charge in [-0.2, -0.15) is 5.10 Å². The molecule has 0 saturated heterocycles. The molecule has 2 aromatic carbocycles. The molecular weight excluding hydrogens is 378 g/mol. The highest BCUT2D eigenvalue weighted by Crippen LogP contribution is 2.34. The number of hydrogen-bond donors (Lipinski definition) is 2. The van der Waals surface area contributed by atoms with Crippen LogP contribution in [0.2, 0.25) is 0 Å². The van der Waals surface area contributed by atoms with E-state index in [1.165, 1.54) is 6.92 Å². The number of carbonyl (C=O) groups excluding carboxylic acids is 2. The summed E-state index contributed by atoms with van der Waals surface area (Å²) in [7, 11) is 0. The lowest BCUT2D eigenvalue weighted by molar-refractivity contribution is -0.152. The highest BCUT2D eigenvalue weighted by Gasteiger charge is 2.21. The summed E-state index contributed by atoms with van der Waals surface area (Å²) >= 11 is 0. The van der Waals surface area contributed by atoms with Gasteiger partial charge in [0, 0.05) is 17.1 Å². The van der Waals surface area contributed by atoms with E-state index in [0.29, 0.717) is 33.7 Å². The summed E-state index contributed by atoms with van der Waals surface area (Å²) in [6.07, 6.45) is -1.21. The lowest BCUT2D eigenvalue weighted by Crippen LogP contribution is -2.30. The van der Waals surface area contributed by atoms with E-state index in [1.54, 1.807) is 42.5 Å². The molecule has 0 bridgehead atoms. The van der Waals surface area contributed by atoms with Crippen LogP contribution in [-0.2, 0) is 20.7 Å². The standard InChI is InChI=1S/C20H17N3O6/c1-11(19(25)21-12-6-7-16-17(8-12)28-10-27-16)29-18(24)9-15-13-4-2-3-5-14(13)20(26)23-22-15/h2-8,11H,9-10H2,1H3,(H,21,25)(H,23,26)/t11-/m1/s1. The minimum Gasteiger partial charge on any atom is -0.454 e. The summed E-state index contributed by atoms with van der Waals surface area (Å²) in [4.78, 5) is 36.4. The van der Waals surface area contributed by atoms with Crippen molar-refractivity contribution in [2.75, 3.05) is 12.1 Å². The first-order chi connectivity index (χ1) is 14.0. The number of ether oxygens (including phenoxy) is 3. The Morgan fingerprint density at radius 1 is 1.17 bits per heavy atom. The topological polar surface area (TPSA) is 120 Å². The maximum Gasteiger partial charge on any atom is 0.312 e. The van der Waals surface area contributed by atoms with Crippen molar-refractivity contribution in [3.05, 3.63) is 58.5 Å². The minimum atomic E-state index is -1.03. The molecule has 1 aromatic heterocycles. The minimum absolute atomic E-state index is 0.133. The summed E-state index contributed by atoms with van der Waals surface area (Å²) in [5.74, 6) is 0.00566. The molecule has 1 aliphatic rings. The Morgan fingerprint density at radius 3 is 2.76 bits per heavy atom. The number of nitrogens with one attached hydrogen (secondary N) is 2. The fourth-order valence-electron chi connectivity index (χ4n) is 2.95. The Bertz CT molecular complexity index is 1160. The zero-order chi connectivity index (χ0) is 20.4. The van der Waals surface area contributed by atoms with Crippen LogP contribution in [0.4, 0.5) is 5.69 Å². The summed E-state index contributed by atoms with van der Waals surface area (Å²) in [5.41, 5.74) is 0.526. The van der Waals surface area contributed by atoms with Crippen LogP contribution in [0.15, 0.2) is 47.3 Å². The van der Waals surface area contributed by atoms with Gasteiger partial charge in [0.1, 0.15) is 0 Å². The third-order valence-electron chi connectivity index (χ3n) is 4.40. The largest absolute Gasteiger partial charge is 0.454 e. The van der Waals surface area contributed by atoms with Crippen LogP contribution in [0, 0.1) is 0 Å². The van der Waals surface area contributed by atoms with Gasteiger partial charge in [-0.15, -0.1) is 0 Å². The van der Waals surface area contributed by atoms with Gasteiger partial charge < -0.3 is 19.5 Å². The molecule has 0 spiro atoms. The predicted octanol–water partition coefficient (Wildman–Crippen LogP) is 1.76. The third kappa shape index (κ3) is 3.88. The van der Waals surface area contributed by atoms with Gasteiger partial charge in [0.15, 0.2) is 17.6 Å². The van der Waals surface area contributed by atoms with E-state index < -0.39 is 18.0 Å². The summed E-state index contributed by atoms with van der Waals surface area (Å²) in [6, 6.07) is 11.8. The monoisotopic (exact) mass is 395 g/mol. The van der Waals surface area contributed by atoms with E-state index in [9.17, 15) is 14.4 Å². The average Bonchev–Trinajstić information content (AvgIpc) is 3.18. The van der Waals surface area contributed by atoms with Crippen molar-refractivity contribution in [3.8, 4) is 11.5 Å². The lowest BCUT2D eigenvalue weighted by Gasteiger charge is -2.14. The van der Waals surface area contributed by atoms with Crippen LogP contribution in [0.3, 0.4) is 0 Å². The van der Waals surface area contributed by atoms with E-state index in [-0.39, 0.29) is 18.8 Å². The number of hydrogen-bond acceptors (Lipinski definition) is 7. The van der Waals surface area contributed by atoms with E-state index in [4.69, 9.17) is 14.2 Å². The average molecular weight is 395 g/mol. The van der Waals surface area contributed by atoms with Crippen LogP contribution >= 0.6 is 0 Å². The quantitative estimate of drug-likeness (QED) is 0.632. The van der Waals surface area contributed by atoms with Crippen LogP contribution in [0.5, 0.6) is 11.5 Å². The first kappa shape index (κ1) is 18.5. The molecule has 0 unspecified atom stereocenters. The molecule has 9 nitrogen and oxygen atoms in total. The molecule has 2 N–H and O–H groups in total. The van der Waals surface area contributed by atoms with Crippen LogP contribution < -0.4 is 20.3 Å². The predicted molar refractivity (Wildman–Crippen MR) is 103 cm³/mol. The fourth-order valence-corrected chi connectivity index (χ4v) is 2.95. The van der Waals surface area contributed by atoms with Crippen molar-refractivity contribution in [3.63, 3.8) is 0 Å². The van der Waals surface area contributed by atoms with Gasteiger partial charge in [0.25, 0.3) is 11.5 Å². The summed E-state index contributed by atoms with van der Waals surface area (Å²) < 4.78 is 15.7. The first-order valence-corrected chi connectivity index (χ1v) is 8.87. The molecule has 148 valence electrons. The van der Waals surface area contributed by atoms with Crippen molar-refractivity contribution in [2.24, 2.45) is 0 Å². The molecule has 3 aromatic rings. The molecule has 0 radical (unpaired) electrons. The zero-order valence-electron chi connectivity index (χ0n) is 15.4. The summed E-state index contributed by atoms with van der Waals surface area (Å²) in [6.45, 7) is 1.60. The van der Waals surface area contributed by atoms with Gasteiger partial charge in [-0.1, -0.05) is 18.2 Å². The number of anilines is 1. The zero-order valence-corrected chi connectivity index (χ0v) is 15.4. The number of amides is 1. The maximum absolute atomic E-state index is 12.3. The van der Waals surface area contributed by atoms with Crippen molar-refractivity contribution >= 4 is 28.3 Å². The number of carbonyl (C=O) groups is 2. The smallest absolute Gasteiger partial charge is 0.312 e. The van der Waals surface area contributed by atoms with Gasteiger partial charge in [0.05, 0.1) is 17.5 Å². The molecule has 0 saturated carbocycles. The van der Waals surface area contributed by atoms with E-state index in [1.807, 2.05) is 0 Å². The highest BCUT2D eigenvalue weighted by molar-refractivity contribution is 5.95. The normalized spacial score (nSPS) is 13.1. The Balaban J connectivity index is 1.40. The molecule has 0 aliphatic carbocycles. The van der Waals surface area contributed by atoms with Crippen molar-refractivity contribution in [1.82, 2.24) is 10.2 Å². The van der Waals surface area contributed by atoms with E-state index >= 15 is 0 Å². The van der Waals surface area contributed by atoms with Crippen molar-refractivity contribution in [2.45, 2.75) is 19.4 Å². The number of rotatable bonds is 5. The molecule has 4 rings (SSSR count). The SMILES string of the molecule is C[C@@H](OC(=O)Cc1n[nH]c(=O)c2ccccc12)C(=O)Nc1ccc2c(c1)OCO2. The molecule has 1 amide bonds. The van der Waals surface area contributed by atoms with Gasteiger partial charge in [-0.05, 0) is 25.1 Å². The Hall–Kier alpha value is -3.88. The van der Waals surface area contributed by atoms with Crippen molar-refractivity contribution in [1.29, 1.82) is 0 Å². The van der Waals surface area contributed by atoms with Crippen molar-refractivity contribution < 1.29 is 23.8 Å². The number of benzene rings is 2. The van der Waals surface area contributed by atoms with Gasteiger partial charge in [0.2, 0.25) is 6.79 Å². The van der Waals surface area contributed by atoms with Gasteiger partial charge in [-0.25, -0.2) is 5.10 Å². The molecule has 2 heterocycles. The number of nitrogens with zero attached hydrogens (tertiary/aromatic N) is 1. The van der Waals surface area contributed by atoms with E-state index in [0.717, 1.165) is 0 Å². The Kier molecular flexibility index (Phi) is 4.86. The molecule has 29 heavy (non-hydrogen) atoms. The Labute approximate surface area is 164 Å². The second-order valence-corrected chi connectivity index (χ2v) is 6.41. The Morgan fingerprint density at radius 2 is 1.93 bits per heavy atom. The fraction of sp³-hybridized carbons (Fsp3) is 0.200. The number of H-pyrrole nitrogens is 1. The molecule has 1 aliphatic heterocycles. The highest BCUT2D eigenvalue weighted by atomic mass is 16.7. The molecule has 1 atom stereocenters. The molecular formula is C20H17N3O6. The second-order valence-electron chi connectivity index (χ2n) is 6.41. The number of esters is 1. The van der Waals surface area contributed by atoms with Gasteiger partial charge >= 0.3 is 5.97 Å². The van der Waals surface area contributed by atoms with Gasteiger partial charge in [-0.3, -0.25) is 14.4 Å². The van der Waals surface area contributed by atoms with Crippen LogP contribution in [-0.4, -0.2) is 35.0 Å². The molecule has 9 heteroatoms. The number of aromatic nitrogens is 2.